The second-order valence-electron chi connectivity index (χ2n) is 9.31. The molecule has 0 fully saturated rings. The Morgan fingerprint density at radius 1 is 0.419 bits per heavy atom. The molecule has 224 valence electrons. The number of aromatic hydroxyl groups is 2. The molecule has 2 heterocycles. The highest BCUT2D eigenvalue weighted by atomic mass is 32.2. The summed E-state index contributed by atoms with van der Waals surface area (Å²) in [4.78, 5) is 6.58. The maximum atomic E-state index is 11.5. The molecule has 2 aliphatic rings. The summed E-state index contributed by atoms with van der Waals surface area (Å²) >= 11 is 9.54. The molecule has 11 heteroatoms. The number of ether oxygens (including phenoxy) is 3. The Morgan fingerprint density at radius 2 is 0.721 bits per heavy atom. The van der Waals surface area contributed by atoms with E-state index in [2.05, 4.69) is 0 Å². The smallest absolute Gasteiger partial charge is 0.147 e. The zero-order valence-electron chi connectivity index (χ0n) is 23.2. The molecule has 0 aromatic heterocycles. The fourth-order valence-electron chi connectivity index (χ4n) is 4.35. The Labute approximate surface area is 277 Å². The normalized spacial score (nSPS) is 16.5. The molecule has 43 heavy (non-hydrogen) atoms. The molecule has 4 aromatic rings. The highest BCUT2D eigenvalue weighted by Crippen LogP contribution is 2.52. The number of para-hydroxylation sites is 4. The number of hydrogen-bond acceptors (Lipinski definition) is 11. The summed E-state index contributed by atoms with van der Waals surface area (Å²) in [7, 11) is 0. The van der Waals surface area contributed by atoms with E-state index in [0.717, 1.165) is 73.7 Å². The van der Waals surface area contributed by atoms with E-state index >= 15 is 0 Å². The molecular formula is C32H30O5S6. The molecule has 2 aliphatic heterocycles. The standard InChI is InChI=1S/C32H30O5S6/c33-29-21-5-1-6-22(29)41-26-10-4-12-28-32(26)37-16-20-39-18-14-35-13-17-38-19-15-36-31-25(40-21)9-3-11-27(31)42-23-7-2-8-24(43-28)30(23)34/h1-12,33-34H,13-20H2. The van der Waals surface area contributed by atoms with Gasteiger partial charge < -0.3 is 24.4 Å². The van der Waals surface area contributed by atoms with E-state index in [-0.39, 0.29) is 11.5 Å². The fraction of sp³-hybridized carbons (Fsp3) is 0.250. The van der Waals surface area contributed by atoms with Gasteiger partial charge in [-0.3, -0.25) is 0 Å². The average molecular weight is 687 g/mol. The van der Waals surface area contributed by atoms with Crippen molar-refractivity contribution in [1.29, 1.82) is 0 Å². The van der Waals surface area contributed by atoms with Gasteiger partial charge >= 0.3 is 0 Å². The topological polar surface area (TPSA) is 68.2 Å². The molecule has 2 N–H and O–H groups in total. The SMILES string of the molecule is Oc1c2cccc1Sc1cccc3c1OCCSCCOCCSCCOc1c(cccc1Sc1cccc(c1O)S3)S2. The molecule has 10 bridgehead atoms. The Balaban J connectivity index is 1.49. The molecule has 0 saturated heterocycles. The van der Waals surface area contributed by atoms with E-state index in [9.17, 15) is 10.2 Å². The second kappa shape index (κ2) is 15.4. The number of benzene rings is 4. The summed E-state index contributed by atoms with van der Waals surface area (Å²) in [6, 6.07) is 23.7. The van der Waals surface area contributed by atoms with Gasteiger partial charge in [0.05, 0.1) is 65.6 Å². The van der Waals surface area contributed by atoms with Crippen molar-refractivity contribution < 1.29 is 24.4 Å². The number of phenols is 2. The zero-order chi connectivity index (χ0) is 29.4. The van der Waals surface area contributed by atoms with Gasteiger partial charge in [0.25, 0.3) is 0 Å². The minimum absolute atomic E-state index is 0.230. The van der Waals surface area contributed by atoms with Gasteiger partial charge in [-0.15, -0.1) is 0 Å². The molecule has 0 atom stereocenters. The number of rotatable bonds is 0. The fourth-order valence-corrected chi connectivity index (χ4v) is 9.89. The van der Waals surface area contributed by atoms with Crippen molar-refractivity contribution in [3.05, 3.63) is 72.8 Å². The molecule has 0 saturated carbocycles. The van der Waals surface area contributed by atoms with Crippen LogP contribution < -0.4 is 9.47 Å². The van der Waals surface area contributed by atoms with E-state index in [1.165, 1.54) is 47.0 Å². The quantitative estimate of drug-likeness (QED) is 0.164. The van der Waals surface area contributed by atoms with E-state index in [1.54, 1.807) is 0 Å². The van der Waals surface area contributed by atoms with E-state index < -0.39 is 0 Å². The van der Waals surface area contributed by atoms with Crippen molar-refractivity contribution in [1.82, 2.24) is 0 Å². The molecule has 0 radical (unpaired) electrons. The van der Waals surface area contributed by atoms with E-state index in [4.69, 9.17) is 14.2 Å². The highest BCUT2D eigenvalue weighted by Gasteiger charge is 2.21. The summed E-state index contributed by atoms with van der Waals surface area (Å²) < 4.78 is 18.8. The first-order valence-electron chi connectivity index (χ1n) is 13.8. The van der Waals surface area contributed by atoms with Crippen molar-refractivity contribution in [2.24, 2.45) is 0 Å². The lowest BCUT2D eigenvalue weighted by molar-refractivity contribution is 0.167. The Kier molecular flexibility index (Phi) is 11.2. The van der Waals surface area contributed by atoms with Crippen molar-refractivity contribution in [3.8, 4) is 23.0 Å². The molecule has 4 aromatic carbocycles. The monoisotopic (exact) mass is 686 g/mol. The van der Waals surface area contributed by atoms with Crippen LogP contribution in [-0.2, 0) is 4.74 Å². The van der Waals surface area contributed by atoms with Gasteiger partial charge in [-0.05, 0) is 48.5 Å². The van der Waals surface area contributed by atoms with Crippen LogP contribution in [0.3, 0.4) is 0 Å². The molecule has 0 amide bonds. The lowest BCUT2D eigenvalue weighted by Crippen LogP contribution is -2.07. The van der Waals surface area contributed by atoms with Crippen LogP contribution in [0.4, 0.5) is 0 Å². The van der Waals surface area contributed by atoms with Gasteiger partial charge in [-0.25, -0.2) is 0 Å². The third-order valence-electron chi connectivity index (χ3n) is 6.38. The van der Waals surface area contributed by atoms with Crippen LogP contribution in [0.5, 0.6) is 23.0 Å². The summed E-state index contributed by atoms with van der Waals surface area (Å²) in [6.45, 7) is 2.50. The van der Waals surface area contributed by atoms with Crippen LogP contribution in [0.25, 0.3) is 0 Å². The third kappa shape index (κ3) is 7.87. The Bertz CT molecular complexity index is 1370. The van der Waals surface area contributed by atoms with Crippen molar-refractivity contribution in [3.63, 3.8) is 0 Å². The van der Waals surface area contributed by atoms with Crippen LogP contribution in [0, 0.1) is 0 Å². The molecule has 6 rings (SSSR count). The predicted molar refractivity (Wildman–Crippen MR) is 182 cm³/mol. The van der Waals surface area contributed by atoms with Crippen LogP contribution in [0.1, 0.15) is 0 Å². The van der Waals surface area contributed by atoms with Gasteiger partial charge in [0, 0.05) is 23.0 Å². The van der Waals surface area contributed by atoms with Gasteiger partial charge in [0.15, 0.2) is 0 Å². The first-order valence-corrected chi connectivity index (χ1v) is 19.3. The maximum absolute atomic E-state index is 11.5. The number of phenolic OH excluding ortho intramolecular Hbond substituents is 2. The number of hydrogen-bond donors (Lipinski definition) is 2. The molecule has 0 aliphatic carbocycles. The molecule has 0 unspecified atom stereocenters. The highest BCUT2D eigenvalue weighted by molar-refractivity contribution is 8.01. The van der Waals surface area contributed by atoms with Crippen LogP contribution in [0.15, 0.2) is 112 Å². The largest absolute Gasteiger partial charge is 0.506 e. The molecule has 0 spiro atoms. The predicted octanol–water partition coefficient (Wildman–Crippen LogP) is 9.27. The summed E-state index contributed by atoms with van der Waals surface area (Å²) in [6.07, 6.45) is 0. The lowest BCUT2D eigenvalue weighted by Gasteiger charge is -2.19. The second-order valence-corrected chi connectivity index (χ2v) is 16.1. The lowest BCUT2D eigenvalue weighted by atomic mass is 10.3. The van der Waals surface area contributed by atoms with Gasteiger partial charge in [0.2, 0.25) is 0 Å². The minimum Gasteiger partial charge on any atom is -0.506 e. The van der Waals surface area contributed by atoms with E-state index in [1.807, 2.05) is 96.3 Å². The van der Waals surface area contributed by atoms with Crippen LogP contribution in [-0.4, -0.2) is 59.7 Å². The first-order chi connectivity index (χ1) is 21.2. The Morgan fingerprint density at radius 3 is 1.07 bits per heavy atom. The first kappa shape index (κ1) is 31.1. The minimum atomic E-state index is 0.230. The van der Waals surface area contributed by atoms with Crippen LogP contribution in [0.2, 0.25) is 0 Å². The Hall–Kier alpha value is -1.86. The van der Waals surface area contributed by atoms with Crippen molar-refractivity contribution >= 4 is 70.6 Å². The summed E-state index contributed by atoms with van der Waals surface area (Å²) in [5.41, 5.74) is 0. The zero-order valence-corrected chi connectivity index (χ0v) is 28.1. The summed E-state index contributed by atoms with van der Waals surface area (Å²) in [5, 5.41) is 23.0. The number of fused-ring (bicyclic) bond motifs is 2. The van der Waals surface area contributed by atoms with Gasteiger partial charge in [-0.1, -0.05) is 71.3 Å². The third-order valence-corrected chi connectivity index (χ3v) is 12.6. The number of thioether (sulfide) groups is 2. The molecular weight excluding hydrogens is 657 g/mol. The van der Waals surface area contributed by atoms with Crippen molar-refractivity contribution in [2.45, 2.75) is 39.2 Å². The molecule has 5 nitrogen and oxygen atoms in total. The van der Waals surface area contributed by atoms with E-state index in [0.29, 0.717) is 26.4 Å². The van der Waals surface area contributed by atoms with Crippen molar-refractivity contribution in [2.75, 3.05) is 49.4 Å². The maximum Gasteiger partial charge on any atom is 0.147 e. The summed E-state index contributed by atoms with van der Waals surface area (Å²) in [5.74, 6) is 5.42. The van der Waals surface area contributed by atoms with Gasteiger partial charge in [0.1, 0.15) is 23.0 Å². The average Bonchev–Trinajstić information content (AvgIpc) is 3.00. The van der Waals surface area contributed by atoms with Gasteiger partial charge in [-0.2, -0.15) is 23.5 Å². The van der Waals surface area contributed by atoms with Crippen LogP contribution >= 0.6 is 70.6 Å².